The number of nitrogens with zero attached hydrogens (tertiary/aromatic N) is 4. The highest BCUT2D eigenvalue weighted by molar-refractivity contribution is 6.35. The van der Waals surface area contributed by atoms with Crippen LogP contribution in [0, 0.1) is 0 Å². The van der Waals surface area contributed by atoms with Gasteiger partial charge < -0.3 is 18.3 Å². The Morgan fingerprint density at radius 1 is 0.154 bits per heavy atom. The average Bonchev–Trinajstić information content (AvgIpc) is 1.56. The molecule has 0 fully saturated rings. The Bertz CT molecular complexity index is 5440. The number of aromatic nitrogens is 4. The average molecular weight is 1360 g/mol. The Morgan fingerprint density at radius 2 is 0.288 bits per heavy atom. The third-order valence-corrected chi connectivity index (χ3v) is 23.6. The molecular weight excluding hydrogens is 1260 g/mol. The molecule has 4 heterocycles. The minimum atomic E-state index is -0.0451. The van der Waals surface area contributed by atoms with E-state index in [9.17, 15) is 0 Å². The van der Waals surface area contributed by atoms with E-state index in [0.717, 1.165) is 22.7 Å². The van der Waals surface area contributed by atoms with E-state index in [0.29, 0.717) is 0 Å². The molecule has 0 unspecified atom stereocenters. The molecule has 13 aromatic carbocycles. The molecule has 17 aromatic rings. The van der Waals surface area contributed by atoms with Crippen molar-refractivity contribution in [2.24, 2.45) is 0 Å². The van der Waals surface area contributed by atoms with Gasteiger partial charge in [0.05, 0.1) is 44.1 Å². The summed E-state index contributed by atoms with van der Waals surface area (Å²) in [6.07, 6.45) is 0. The molecular formula is C100H104N4. The molecule has 0 amide bonds. The largest absolute Gasteiger partial charge is 0.309 e. The molecule has 0 aliphatic carbocycles. The van der Waals surface area contributed by atoms with Crippen LogP contribution in [0.15, 0.2) is 194 Å². The lowest BCUT2D eigenvalue weighted by Crippen LogP contribution is -2.10. The first kappa shape index (κ1) is 67.5. The van der Waals surface area contributed by atoms with E-state index in [1.165, 1.54) is 175 Å². The summed E-state index contributed by atoms with van der Waals surface area (Å²) < 4.78 is 10.4. The zero-order chi connectivity index (χ0) is 73.7. The number of hydrogen-bond acceptors (Lipinski definition) is 0. The lowest BCUT2D eigenvalue weighted by Gasteiger charge is -2.22. The minimum Gasteiger partial charge on any atom is -0.309 e. The van der Waals surface area contributed by atoms with Crippen LogP contribution < -0.4 is 0 Å². The maximum absolute atomic E-state index is 2.60. The summed E-state index contributed by atoms with van der Waals surface area (Å²) in [7, 11) is 0. The fraction of sp³-hybridized carbons (Fsp3) is 0.320. The van der Waals surface area contributed by atoms with Crippen LogP contribution in [0.2, 0.25) is 0 Å². The highest BCUT2D eigenvalue weighted by atomic mass is 15.0. The van der Waals surface area contributed by atoms with Gasteiger partial charge in [0.2, 0.25) is 0 Å². The van der Waals surface area contributed by atoms with Gasteiger partial charge in [-0.1, -0.05) is 215 Å². The van der Waals surface area contributed by atoms with E-state index in [1.807, 2.05) is 0 Å². The van der Waals surface area contributed by atoms with E-state index >= 15 is 0 Å². The minimum absolute atomic E-state index is 0.0451. The van der Waals surface area contributed by atoms with Crippen molar-refractivity contribution < 1.29 is 0 Å². The van der Waals surface area contributed by atoms with Crippen molar-refractivity contribution in [2.45, 2.75) is 209 Å². The van der Waals surface area contributed by atoms with Gasteiger partial charge in [0.1, 0.15) is 0 Å². The third-order valence-electron chi connectivity index (χ3n) is 23.6. The molecule has 4 nitrogen and oxygen atoms in total. The molecule has 17 rings (SSSR count). The van der Waals surface area contributed by atoms with Gasteiger partial charge in [0.15, 0.2) is 0 Å². The summed E-state index contributed by atoms with van der Waals surface area (Å²) in [5.41, 5.74) is 24.5. The van der Waals surface area contributed by atoms with Crippen LogP contribution in [-0.4, -0.2) is 18.3 Å². The fourth-order valence-corrected chi connectivity index (χ4v) is 17.3. The van der Waals surface area contributed by atoms with Crippen LogP contribution in [0.25, 0.3) is 153 Å². The molecule has 0 radical (unpaired) electrons. The van der Waals surface area contributed by atoms with Gasteiger partial charge in [-0.15, -0.1) is 0 Å². The van der Waals surface area contributed by atoms with Gasteiger partial charge in [-0.3, -0.25) is 0 Å². The first-order valence-corrected chi connectivity index (χ1v) is 38.2. The van der Waals surface area contributed by atoms with Crippen molar-refractivity contribution in [3.63, 3.8) is 0 Å². The number of fused-ring (bicyclic) bond motifs is 14. The molecule has 0 bridgehead atoms. The standard InChI is InChI=1S/C100H104N4/c1-93(2,3)59-25-33-83-71(45-59)72-46-60(94(4,5)6)26-34-84(72)101(83)67-41-57-42-68(102-85-35-27-61(95(7,8)9)47-73(85)74-48-62(96(10,11)12)28-36-86(74)102)55-81-82-56-70(104-89-39-31-65(99(19,20)21)51-77(89)78-52-66(100(22,23)24)32-40-90(78)104)44-58-43-69(54-80(92(58)82)79(53-67)91(57)81)103-87-37-29-63(97(13,14)15)49-75(87)76-50-64(98(16,17)18)30-38-88(76)103/h25-56H,1-24H3. The molecule has 0 N–H and O–H groups in total. The van der Waals surface area contributed by atoms with Gasteiger partial charge in [-0.2, -0.15) is 0 Å². The van der Waals surface area contributed by atoms with Crippen molar-refractivity contribution in [3.05, 3.63) is 239 Å². The van der Waals surface area contributed by atoms with Crippen molar-refractivity contribution >= 4 is 130 Å². The molecule has 0 aliphatic heterocycles. The van der Waals surface area contributed by atoms with E-state index in [-0.39, 0.29) is 43.3 Å². The SMILES string of the molecule is CC(C)(C)c1ccc2c(c1)c1cc(C(C)(C)C)ccc1n2-c1cc2cc(-n3c4ccc(C(C)(C)C)cc4c4cc(C(C)(C)C)ccc43)cc3c4cc(-n5c6ccc(C(C)(C)C)cc6c6cc(C(C)(C)C)ccc65)cc5cc(-n6c7ccc(C(C)(C)C)cc7c7cc(C(C)(C)C)ccc76)cc(c(c1)c23)c54. The molecule has 0 atom stereocenters. The molecule has 524 valence electrons. The quantitative estimate of drug-likeness (QED) is 0.124. The number of rotatable bonds is 4. The summed E-state index contributed by atoms with van der Waals surface area (Å²) in [5.74, 6) is 0. The predicted molar refractivity (Wildman–Crippen MR) is 455 cm³/mol. The molecule has 0 saturated heterocycles. The number of benzene rings is 13. The Labute approximate surface area is 615 Å². The van der Waals surface area contributed by atoms with Crippen LogP contribution in [0.5, 0.6) is 0 Å². The van der Waals surface area contributed by atoms with Crippen LogP contribution in [0.3, 0.4) is 0 Å². The highest BCUT2D eigenvalue weighted by Gasteiger charge is 2.30. The summed E-state index contributed by atoms with van der Waals surface area (Å²) in [6.45, 7) is 56.3. The van der Waals surface area contributed by atoms with Gasteiger partial charge in [-0.25, -0.2) is 0 Å². The first-order chi connectivity index (χ1) is 48.6. The van der Waals surface area contributed by atoms with Gasteiger partial charge >= 0.3 is 0 Å². The predicted octanol–water partition coefficient (Wildman–Crippen LogP) is 28.5. The second-order valence-corrected chi connectivity index (χ2v) is 39.4. The normalized spacial score (nSPS) is 13.8. The first-order valence-electron chi connectivity index (χ1n) is 38.2. The van der Waals surface area contributed by atoms with E-state index in [2.05, 4.69) is 379 Å². The van der Waals surface area contributed by atoms with Crippen LogP contribution in [-0.2, 0) is 43.3 Å². The molecule has 0 saturated carbocycles. The summed E-state index contributed by atoms with van der Waals surface area (Å²) >= 11 is 0. The van der Waals surface area contributed by atoms with E-state index in [1.54, 1.807) is 0 Å². The Morgan fingerprint density at radius 3 is 0.413 bits per heavy atom. The van der Waals surface area contributed by atoms with E-state index in [4.69, 9.17) is 0 Å². The molecule has 4 aromatic heterocycles. The molecule has 4 heteroatoms. The Balaban J connectivity index is 1.08. The van der Waals surface area contributed by atoms with Crippen molar-refractivity contribution in [1.82, 2.24) is 18.3 Å². The van der Waals surface area contributed by atoms with Gasteiger partial charge in [-0.05, 0) is 277 Å². The summed E-state index contributed by atoms with van der Waals surface area (Å²) in [6, 6.07) is 78.7. The topological polar surface area (TPSA) is 19.7 Å². The Kier molecular flexibility index (Phi) is 14.3. The van der Waals surface area contributed by atoms with Gasteiger partial charge in [0, 0.05) is 65.8 Å². The number of hydrogen-bond donors (Lipinski definition) is 0. The lowest BCUT2D eigenvalue weighted by molar-refractivity contribution is 0.590. The fourth-order valence-electron chi connectivity index (χ4n) is 17.3. The lowest BCUT2D eigenvalue weighted by atomic mass is 9.85. The molecule has 0 aliphatic rings. The third kappa shape index (κ3) is 10.5. The second kappa shape index (κ2) is 22.0. The van der Waals surface area contributed by atoms with Crippen molar-refractivity contribution in [1.29, 1.82) is 0 Å². The zero-order valence-corrected chi connectivity index (χ0v) is 66.3. The van der Waals surface area contributed by atoms with Crippen LogP contribution in [0.1, 0.15) is 211 Å². The van der Waals surface area contributed by atoms with Crippen LogP contribution in [0.4, 0.5) is 0 Å². The maximum atomic E-state index is 2.60. The summed E-state index contributed by atoms with van der Waals surface area (Å²) in [4.78, 5) is 0. The smallest absolute Gasteiger partial charge is 0.0541 e. The van der Waals surface area contributed by atoms with Crippen molar-refractivity contribution in [2.75, 3.05) is 0 Å². The van der Waals surface area contributed by atoms with Crippen molar-refractivity contribution in [3.8, 4) is 22.7 Å². The summed E-state index contributed by atoms with van der Waals surface area (Å²) in [5, 5.41) is 20.1. The monoisotopic (exact) mass is 1360 g/mol. The maximum Gasteiger partial charge on any atom is 0.0541 e. The van der Waals surface area contributed by atoms with Crippen LogP contribution >= 0.6 is 0 Å². The highest BCUT2D eigenvalue weighted by Crippen LogP contribution is 2.50. The molecule has 104 heavy (non-hydrogen) atoms. The van der Waals surface area contributed by atoms with Gasteiger partial charge in [0.25, 0.3) is 0 Å². The molecule has 0 spiro atoms. The zero-order valence-electron chi connectivity index (χ0n) is 66.3. The van der Waals surface area contributed by atoms with E-state index < -0.39 is 0 Å². The Hall–Kier alpha value is -9.64. The second-order valence-electron chi connectivity index (χ2n) is 39.4.